The molecule has 0 radical (unpaired) electrons. The minimum atomic E-state index is -4.36. The number of benzene rings is 1. The summed E-state index contributed by atoms with van der Waals surface area (Å²) >= 11 is 0. The number of pyridine rings is 1. The highest BCUT2D eigenvalue weighted by Gasteiger charge is 2.32. The molecule has 0 saturated heterocycles. The molecular formula is C15H12F3N3. The Morgan fingerprint density at radius 2 is 1.90 bits per heavy atom. The standard InChI is InChI=1S/C15H12F3N3/c16-15(17,18)13-4-2-1-3-10(13)7-12-9-21-6-5-11(19)8-14(21)20-12/h1-6,8-9H,7,19H2. The lowest BCUT2D eigenvalue weighted by Crippen LogP contribution is -2.09. The van der Waals surface area contributed by atoms with Gasteiger partial charge in [0.1, 0.15) is 5.65 Å². The molecule has 2 aromatic heterocycles. The van der Waals surface area contributed by atoms with Crippen LogP contribution in [-0.4, -0.2) is 9.38 Å². The first kappa shape index (κ1) is 13.5. The maximum atomic E-state index is 13.0. The Kier molecular flexibility index (Phi) is 3.08. The first-order chi connectivity index (χ1) is 9.93. The van der Waals surface area contributed by atoms with E-state index in [1.165, 1.54) is 12.1 Å². The average molecular weight is 291 g/mol. The first-order valence-electron chi connectivity index (χ1n) is 6.32. The van der Waals surface area contributed by atoms with Gasteiger partial charge in [-0.3, -0.25) is 0 Å². The molecule has 0 atom stereocenters. The van der Waals surface area contributed by atoms with Crippen LogP contribution in [0.15, 0.2) is 48.8 Å². The number of aromatic nitrogens is 2. The molecule has 6 heteroatoms. The van der Waals surface area contributed by atoms with E-state index in [2.05, 4.69) is 4.98 Å². The van der Waals surface area contributed by atoms with Crippen molar-refractivity contribution in [1.29, 1.82) is 0 Å². The second-order valence-electron chi connectivity index (χ2n) is 4.79. The van der Waals surface area contributed by atoms with E-state index in [4.69, 9.17) is 5.73 Å². The molecule has 0 saturated carbocycles. The van der Waals surface area contributed by atoms with Crippen LogP contribution in [0.25, 0.3) is 5.65 Å². The van der Waals surface area contributed by atoms with Crippen molar-refractivity contribution in [3.05, 3.63) is 65.6 Å². The Hall–Kier alpha value is -2.50. The van der Waals surface area contributed by atoms with Gasteiger partial charge in [-0.2, -0.15) is 13.2 Å². The number of hydrogen-bond donors (Lipinski definition) is 1. The summed E-state index contributed by atoms with van der Waals surface area (Å²) in [5.74, 6) is 0. The monoisotopic (exact) mass is 291 g/mol. The number of imidazole rings is 1. The highest BCUT2D eigenvalue weighted by atomic mass is 19.4. The van der Waals surface area contributed by atoms with Gasteiger partial charge in [0.2, 0.25) is 0 Å². The van der Waals surface area contributed by atoms with Gasteiger partial charge < -0.3 is 10.1 Å². The van der Waals surface area contributed by atoms with Crippen molar-refractivity contribution in [2.75, 3.05) is 5.73 Å². The molecule has 0 amide bonds. The Balaban J connectivity index is 1.99. The molecule has 2 heterocycles. The molecule has 2 N–H and O–H groups in total. The third-order valence-corrected chi connectivity index (χ3v) is 3.23. The predicted molar refractivity (Wildman–Crippen MR) is 73.9 cm³/mol. The number of nitrogen functional groups attached to an aromatic ring is 1. The molecule has 0 fully saturated rings. The van der Waals surface area contributed by atoms with Crippen LogP contribution < -0.4 is 5.73 Å². The van der Waals surface area contributed by atoms with Crippen molar-refractivity contribution < 1.29 is 13.2 Å². The predicted octanol–water partition coefficient (Wildman–Crippen LogP) is 3.53. The molecule has 0 bridgehead atoms. The molecule has 3 rings (SSSR count). The van der Waals surface area contributed by atoms with E-state index < -0.39 is 11.7 Å². The van der Waals surface area contributed by atoms with Gasteiger partial charge in [-0.15, -0.1) is 0 Å². The van der Waals surface area contributed by atoms with Gasteiger partial charge in [-0.05, 0) is 17.7 Å². The summed E-state index contributed by atoms with van der Waals surface area (Å²) < 4.78 is 40.6. The summed E-state index contributed by atoms with van der Waals surface area (Å²) in [5, 5.41) is 0. The minimum Gasteiger partial charge on any atom is -0.399 e. The van der Waals surface area contributed by atoms with Crippen LogP contribution in [0.4, 0.5) is 18.9 Å². The van der Waals surface area contributed by atoms with E-state index in [9.17, 15) is 13.2 Å². The fourth-order valence-corrected chi connectivity index (χ4v) is 2.28. The Morgan fingerprint density at radius 3 is 2.67 bits per heavy atom. The van der Waals surface area contributed by atoms with Gasteiger partial charge in [-0.25, -0.2) is 4.98 Å². The second kappa shape index (κ2) is 4.80. The van der Waals surface area contributed by atoms with E-state index in [1.54, 1.807) is 35.0 Å². The summed E-state index contributed by atoms with van der Waals surface area (Å²) in [6, 6.07) is 8.93. The topological polar surface area (TPSA) is 43.3 Å². The SMILES string of the molecule is Nc1ccn2cc(Cc3ccccc3C(F)(F)F)nc2c1. The molecule has 3 aromatic rings. The molecule has 0 unspecified atom stereocenters. The summed E-state index contributed by atoms with van der Waals surface area (Å²) in [6.07, 6.45) is -0.795. The third kappa shape index (κ3) is 2.69. The number of nitrogens with zero attached hydrogens (tertiary/aromatic N) is 2. The third-order valence-electron chi connectivity index (χ3n) is 3.23. The molecule has 0 aliphatic heterocycles. The Morgan fingerprint density at radius 1 is 1.14 bits per heavy atom. The molecular weight excluding hydrogens is 279 g/mol. The van der Waals surface area contributed by atoms with E-state index in [0.29, 0.717) is 17.0 Å². The maximum absolute atomic E-state index is 13.0. The van der Waals surface area contributed by atoms with Crippen LogP contribution in [0.2, 0.25) is 0 Å². The highest BCUT2D eigenvalue weighted by Crippen LogP contribution is 2.32. The zero-order valence-electron chi connectivity index (χ0n) is 10.9. The Labute approximate surface area is 118 Å². The molecule has 0 aliphatic rings. The van der Waals surface area contributed by atoms with Crippen LogP contribution in [0.5, 0.6) is 0 Å². The van der Waals surface area contributed by atoms with Crippen LogP contribution >= 0.6 is 0 Å². The highest BCUT2D eigenvalue weighted by molar-refractivity contribution is 5.52. The fraction of sp³-hybridized carbons (Fsp3) is 0.133. The number of halogens is 3. The van der Waals surface area contributed by atoms with Gasteiger partial charge in [0.05, 0.1) is 11.3 Å². The lowest BCUT2D eigenvalue weighted by molar-refractivity contribution is -0.138. The smallest absolute Gasteiger partial charge is 0.399 e. The zero-order valence-corrected chi connectivity index (χ0v) is 10.9. The summed E-state index contributed by atoms with van der Waals surface area (Å²) in [7, 11) is 0. The molecule has 108 valence electrons. The van der Waals surface area contributed by atoms with Crippen molar-refractivity contribution in [3.63, 3.8) is 0 Å². The lowest BCUT2D eigenvalue weighted by atomic mass is 10.0. The largest absolute Gasteiger partial charge is 0.416 e. The number of alkyl halides is 3. The first-order valence-corrected chi connectivity index (χ1v) is 6.32. The number of fused-ring (bicyclic) bond motifs is 1. The Bertz CT molecular complexity index is 790. The molecule has 1 aromatic carbocycles. The lowest BCUT2D eigenvalue weighted by Gasteiger charge is -2.11. The molecule has 0 aliphatic carbocycles. The fourth-order valence-electron chi connectivity index (χ4n) is 2.28. The summed E-state index contributed by atoms with van der Waals surface area (Å²) in [5.41, 5.74) is 7.00. The second-order valence-corrected chi connectivity index (χ2v) is 4.79. The van der Waals surface area contributed by atoms with Gasteiger partial charge in [0.15, 0.2) is 0 Å². The molecule has 0 spiro atoms. The van der Waals surface area contributed by atoms with Crippen LogP contribution in [0, 0.1) is 0 Å². The summed E-state index contributed by atoms with van der Waals surface area (Å²) in [4.78, 5) is 4.31. The number of rotatable bonds is 2. The van der Waals surface area contributed by atoms with Gasteiger partial charge >= 0.3 is 6.18 Å². The van der Waals surface area contributed by atoms with Crippen molar-refractivity contribution in [3.8, 4) is 0 Å². The van der Waals surface area contributed by atoms with Crippen molar-refractivity contribution in [1.82, 2.24) is 9.38 Å². The van der Waals surface area contributed by atoms with E-state index in [-0.39, 0.29) is 12.0 Å². The van der Waals surface area contributed by atoms with Crippen LogP contribution in [0.1, 0.15) is 16.8 Å². The van der Waals surface area contributed by atoms with Crippen LogP contribution in [-0.2, 0) is 12.6 Å². The van der Waals surface area contributed by atoms with E-state index in [0.717, 1.165) is 6.07 Å². The van der Waals surface area contributed by atoms with Crippen molar-refractivity contribution in [2.45, 2.75) is 12.6 Å². The van der Waals surface area contributed by atoms with Crippen molar-refractivity contribution in [2.24, 2.45) is 0 Å². The van der Waals surface area contributed by atoms with Crippen molar-refractivity contribution >= 4 is 11.3 Å². The molecule has 3 nitrogen and oxygen atoms in total. The zero-order chi connectivity index (χ0) is 15.0. The minimum absolute atomic E-state index is 0.122. The van der Waals surface area contributed by atoms with E-state index >= 15 is 0 Å². The van der Waals surface area contributed by atoms with Gasteiger partial charge in [-0.1, -0.05) is 18.2 Å². The maximum Gasteiger partial charge on any atom is 0.416 e. The van der Waals surface area contributed by atoms with Crippen LogP contribution in [0.3, 0.4) is 0 Å². The average Bonchev–Trinajstić information content (AvgIpc) is 2.79. The number of hydrogen-bond acceptors (Lipinski definition) is 2. The van der Waals surface area contributed by atoms with Gasteiger partial charge in [0.25, 0.3) is 0 Å². The normalized spacial score (nSPS) is 12.0. The number of nitrogens with two attached hydrogens (primary N) is 1. The quantitative estimate of drug-likeness (QED) is 0.785. The van der Waals surface area contributed by atoms with Gasteiger partial charge in [0, 0.05) is 30.6 Å². The summed E-state index contributed by atoms with van der Waals surface area (Å²) in [6.45, 7) is 0. The number of anilines is 1. The van der Waals surface area contributed by atoms with E-state index in [1.807, 2.05) is 0 Å². The molecule has 21 heavy (non-hydrogen) atoms.